The molecular formula is C20H20N4OS. The van der Waals surface area contributed by atoms with Crippen molar-refractivity contribution in [2.45, 2.75) is 6.92 Å². The normalized spacial score (nSPS) is 10.1. The first-order valence-corrected chi connectivity index (χ1v) is 9.02. The molecule has 6 heteroatoms. The summed E-state index contributed by atoms with van der Waals surface area (Å²) in [5.74, 6) is 6.00. The number of aryl methyl sites for hydroxylation is 1. The quantitative estimate of drug-likeness (QED) is 0.724. The molecule has 2 heterocycles. The van der Waals surface area contributed by atoms with Crippen LogP contribution in [0.1, 0.15) is 20.9 Å². The largest absolute Gasteiger partial charge is 0.377 e. The molecule has 0 aliphatic heterocycles. The number of nitrogens with one attached hydrogen (secondary N) is 1. The van der Waals surface area contributed by atoms with E-state index in [2.05, 4.69) is 22.1 Å². The maximum atomic E-state index is 12.4. The number of carbonyl (C=O) groups excluding carboxylic acids is 1. The van der Waals surface area contributed by atoms with Gasteiger partial charge in [-0.25, -0.2) is 4.98 Å². The summed E-state index contributed by atoms with van der Waals surface area (Å²) in [7, 11) is 3.97. The highest BCUT2D eigenvalue weighted by Crippen LogP contribution is 2.21. The molecule has 0 fully saturated rings. The van der Waals surface area contributed by atoms with Crippen LogP contribution in [0.15, 0.2) is 48.8 Å². The van der Waals surface area contributed by atoms with Crippen molar-refractivity contribution in [3.05, 3.63) is 64.9 Å². The van der Waals surface area contributed by atoms with Crippen molar-refractivity contribution < 1.29 is 4.79 Å². The number of hydrogen-bond donors (Lipinski definition) is 1. The zero-order chi connectivity index (χ0) is 18.5. The van der Waals surface area contributed by atoms with Crippen LogP contribution >= 0.6 is 11.3 Å². The number of carbonyl (C=O) groups is 1. The molecule has 0 aliphatic rings. The summed E-state index contributed by atoms with van der Waals surface area (Å²) in [4.78, 5) is 19.5. The molecule has 3 aromatic rings. The number of hydrogen-bond acceptors (Lipinski definition) is 4. The lowest BCUT2D eigenvalue weighted by Crippen LogP contribution is -2.23. The lowest BCUT2D eigenvalue weighted by Gasteiger charge is -2.13. The van der Waals surface area contributed by atoms with Gasteiger partial charge in [-0.1, -0.05) is 35.3 Å². The predicted octanol–water partition coefficient (Wildman–Crippen LogP) is 3.09. The van der Waals surface area contributed by atoms with Crippen molar-refractivity contribution in [1.82, 2.24) is 14.9 Å². The van der Waals surface area contributed by atoms with Gasteiger partial charge in [-0.3, -0.25) is 4.79 Å². The average Bonchev–Trinajstić information content (AvgIpc) is 3.28. The molecule has 0 atom stereocenters. The maximum absolute atomic E-state index is 12.4. The third-order valence-electron chi connectivity index (χ3n) is 3.76. The first kappa shape index (κ1) is 17.8. The standard InChI is InChI=1S/C20H20N4OS/c1-15-18(26-20(22-15)24-13-6-7-14-24)19(25)21-12-8-10-16-9-4-5-11-17(16)23(2)3/h4-7,9,11,13-14H,12H2,1-3H3,(H,21,25). The van der Waals surface area contributed by atoms with Gasteiger partial charge in [-0.2, -0.15) is 0 Å². The number of rotatable bonds is 4. The number of anilines is 1. The fourth-order valence-electron chi connectivity index (χ4n) is 2.48. The summed E-state index contributed by atoms with van der Waals surface area (Å²) >= 11 is 1.37. The molecular weight excluding hydrogens is 344 g/mol. The minimum Gasteiger partial charge on any atom is -0.377 e. The minimum absolute atomic E-state index is 0.145. The molecule has 0 unspecified atom stereocenters. The minimum atomic E-state index is -0.145. The maximum Gasteiger partial charge on any atom is 0.264 e. The fourth-order valence-corrected chi connectivity index (χ4v) is 3.43. The Kier molecular flexibility index (Phi) is 5.40. The molecule has 0 spiro atoms. The van der Waals surface area contributed by atoms with Crippen molar-refractivity contribution in [1.29, 1.82) is 0 Å². The fraction of sp³-hybridized carbons (Fsp3) is 0.200. The van der Waals surface area contributed by atoms with E-state index in [0.717, 1.165) is 22.1 Å². The van der Waals surface area contributed by atoms with Crippen LogP contribution in [0.5, 0.6) is 0 Å². The molecule has 2 aromatic heterocycles. The molecule has 1 N–H and O–H groups in total. The first-order chi connectivity index (χ1) is 12.6. The predicted molar refractivity (Wildman–Crippen MR) is 106 cm³/mol. The van der Waals surface area contributed by atoms with Crippen molar-refractivity contribution in [3.63, 3.8) is 0 Å². The number of nitrogens with zero attached hydrogens (tertiary/aromatic N) is 3. The molecule has 132 valence electrons. The Morgan fingerprint density at radius 1 is 1.23 bits per heavy atom. The van der Waals surface area contributed by atoms with Crippen molar-refractivity contribution in [2.24, 2.45) is 0 Å². The SMILES string of the molecule is Cc1nc(-n2cccc2)sc1C(=O)NCC#Cc1ccccc1N(C)C. The van der Waals surface area contributed by atoms with Crippen LogP contribution in [0, 0.1) is 18.8 Å². The summed E-state index contributed by atoms with van der Waals surface area (Å²) in [6.45, 7) is 2.13. The Labute approximate surface area is 157 Å². The molecule has 0 aliphatic carbocycles. The van der Waals surface area contributed by atoms with E-state index in [1.54, 1.807) is 0 Å². The zero-order valence-corrected chi connectivity index (χ0v) is 15.8. The Morgan fingerprint density at radius 2 is 1.96 bits per heavy atom. The van der Waals surface area contributed by atoms with Crippen LogP contribution < -0.4 is 10.2 Å². The Balaban J connectivity index is 1.66. The highest BCUT2D eigenvalue weighted by molar-refractivity contribution is 7.16. The van der Waals surface area contributed by atoms with E-state index < -0.39 is 0 Å². The van der Waals surface area contributed by atoms with Crippen LogP contribution in [0.3, 0.4) is 0 Å². The van der Waals surface area contributed by atoms with E-state index >= 15 is 0 Å². The second-order valence-corrected chi connectivity index (χ2v) is 6.87. The number of aromatic nitrogens is 2. The number of thiazole rings is 1. The summed E-state index contributed by atoms with van der Waals surface area (Å²) in [6.07, 6.45) is 3.82. The Hall–Kier alpha value is -3.04. The molecule has 3 rings (SSSR count). The molecule has 0 saturated heterocycles. The summed E-state index contributed by atoms with van der Waals surface area (Å²) in [5, 5.41) is 3.63. The second-order valence-electron chi connectivity index (χ2n) is 5.90. The van der Waals surface area contributed by atoms with Crippen LogP contribution in [-0.2, 0) is 0 Å². The Morgan fingerprint density at radius 3 is 2.69 bits per heavy atom. The average molecular weight is 364 g/mol. The van der Waals surface area contributed by atoms with Gasteiger partial charge in [0.25, 0.3) is 5.91 Å². The van der Waals surface area contributed by atoms with Crippen LogP contribution in [0.4, 0.5) is 5.69 Å². The van der Waals surface area contributed by atoms with Crippen LogP contribution in [0.25, 0.3) is 5.13 Å². The van der Waals surface area contributed by atoms with E-state index in [9.17, 15) is 4.79 Å². The van der Waals surface area contributed by atoms with Gasteiger partial charge >= 0.3 is 0 Å². The van der Waals surface area contributed by atoms with Gasteiger partial charge in [0.1, 0.15) is 4.88 Å². The zero-order valence-electron chi connectivity index (χ0n) is 15.0. The molecule has 1 aromatic carbocycles. The van der Waals surface area contributed by atoms with Crippen molar-refractivity contribution >= 4 is 22.9 Å². The third kappa shape index (κ3) is 3.95. The number of para-hydroxylation sites is 1. The molecule has 0 bridgehead atoms. The van der Waals surface area contributed by atoms with Gasteiger partial charge in [0.2, 0.25) is 0 Å². The topological polar surface area (TPSA) is 50.2 Å². The van der Waals surface area contributed by atoms with Gasteiger partial charge in [-0.15, -0.1) is 0 Å². The summed E-state index contributed by atoms with van der Waals surface area (Å²) < 4.78 is 1.90. The van der Waals surface area contributed by atoms with Gasteiger partial charge in [0.05, 0.1) is 17.9 Å². The monoisotopic (exact) mass is 364 g/mol. The van der Waals surface area contributed by atoms with Gasteiger partial charge in [-0.05, 0) is 31.2 Å². The van der Waals surface area contributed by atoms with E-state index in [4.69, 9.17) is 0 Å². The van der Waals surface area contributed by atoms with Crippen LogP contribution in [0.2, 0.25) is 0 Å². The Bertz CT molecular complexity index is 961. The smallest absolute Gasteiger partial charge is 0.264 e. The van der Waals surface area contributed by atoms with Gasteiger partial charge in [0, 0.05) is 32.1 Å². The highest BCUT2D eigenvalue weighted by atomic mass is 32.1. The van der Waals surface area contributed by atoms with Crippen molar-refractivity contribution in [3.8, 4) is 17.0 Å². The second kappa shape index (κ2) is 7.89. The molecule has 0 radical (unpaired) electrons. The van der Waals surface area contributed by atoms with Crippen LogP contribution in [-0.4, -0.2) is 36.1 Å². The van der Waals surface area contributed by atoms with Crippen molar-refractivity contribution in [2.75, 3.05) is 25.5 Å². The molecule has 0 saturated carbocycles. The molecule has 1 amide bonds. The van der Waals surface area contributed by atoms with Gasteiger partial charge in [0.15, 0.2) is 5.13 Å². The lowest BCUT2D eigenvalue weighted by molar-refractivity contribution is 0.0962. The highest BCUT2D eigenvalue weighted by Gasteiger charge is 2.15. The van der Waals surface area contributed by atoms with Gasteiger partial charge < -0.3 is 14.8 Å². The summed E-state index contributed by atoms with van der Waals surface area (Å²) in [6, 6.07) is 11.8. The van der Waals surface area contributed by atoms with E-state index in [-0.39, 0.29) is 12.5 Å². The van der Waals surface area contributed by atoms with E-state index in [1.165, 1.54) is 11.3 Å². The number of amides is 1. The summed E-state index contributed by atoms with van der Waals surface area (Å²) in [5.41, 5.74) is 2.72. The first-order valence-electron chi connectivity index (χ1n) is 8.20. The molecule has 26 heavy (non-hydrogen) atoms. The number of benzene rings is 1. The van der Waals surface area contributed by atoms with E-state index in [0.29, 0.717) is 4.88 Å². The van der Waals surface area contributed by atoms with E-state index in [1.807, 2.05) is 79.3 Å². The molecule has 5 nitrogen and oxygen atoms in total. The lowest BCUT2D eigenvalue weighted by atomic mass is 10.1. The third-order valence-corrected chi connectivity index (χ3v) is 4.93.